The largest absolute Gasteiger partial charge is 0.383 e. The van der Waals surface area contributed by atoms with Crippen molar-refractivity contribution in [3.05, 3.63) is 31.6 Å². The molecule has 0 amide bonds. The molecule has 0 aliphatic carbocycles. The van der Waals surface area contributed by atoms with Crippen LogP contribution in [0.15, 0.2) is 24.5 Å². The molecular weight excluding hydrogens is 100 g/mol. The number of hydrogen-bond donors (Lipinski definition) is 1. The Labute approximate surface area is 48.6 Å². The standard InChI is InChI=1S/C6H7N2/c1-7-6-2-4-8-5-3-6/h2-5H,1H2,(H,7,8). The zero-order valence-corrected chi connectivity index (χ0v) is 4.46. The third kappa shape index (κ3) is 0.964. The molecule has 0 spiro atoms. The van der Waals surface area contributed by atoms with Gasteiger partial charge in [0.2, 0.25) is 0 Å². The Balaban J connectivity index is 2.83. The topological polar surface area (TPSA) is 24.9 Å². The highest BCUT2D eigenvalue weighted by Gasteiger charge is 1.78. The normalized spacial score (nSPS) is 8.62. The minimum Gasteiger partial charge on any atom is -0.383 e. The van der Waals surface area contributed by atoms with Crippen molar-refractivity contribution in [3.8, 4) is 0 Å². The summed E-state index contributed by atoms with van der Waals surface area (Å²) in [6.45, 7) is 0. The van der Waals surface area contributed by atoms with Crippen molar-refractivity contribution < 1.29 is 0 Å². The maximum absolute atomic E-state index is 3.83. The van der Waals surface area contributed by atoms with Gasteiger partial charge in [-0.15, -0.1) is 0 Å². The molecule has 2 nitrogen and oxygen atoms in total. The first-order valence-corrected chi connectivity index (χ1v) is 2.36. The van der Waals surface area contributed by atoms with Crippen molar-refractivity contribution in [2.24, 2.45) is 0 Å². The second kappa shape index (κ2) is 2.31. The second-order valence-corrected chi connectivity index (χ2v) is 1.41. The summed E-state index contributed by atoms with van der Waals surface area (Å²) >= 11 is 0. The number of rotatable bonds is 1. The van der Waals surface area contributed by atoms with E-state index in [9.17, 15) is 0 Å². The Bertz CT molecular complexity index is 148. The van der Waals surface area contributed by atoms with Gasteiger partial charge in [-0.1, -0.05) is 0 Å². The Morgan fingerprint density at radius 3 is 2.38 bits per heavy atom. The highest BCUT2D eigenvalue weighted by molar-refractivity contribution is 5.40. The Morgan fingerprint density at radius 1 is 1.38 bits per heavy atom. The first-order chi connectivity index (χ1) is 3.93. The summed E-state index contributed by atoms with van der Waals surface area (Å²) in [4.78, 5) is 3.83. The fraction of sp³-hybridized carbons (Fsp3) is 0. The molecule has 8 heavy (non-hydrogen) atoms. The second-order valence-electron chi connectivity index (χ2n) is 1.41. The third-order valence-electron chi connectivity index (χ3n) is 0.884. The quantitative estimate of drug-likeness (QED) is 0.584. The van der Waals surface area contributed by atoms with E-state index < -0.39 is 0 Å². The molecule has 0 bridgehead atoms. The Hall–Kier alpha value is -1.05. The van der Waals surface area contributed by atoms with Gasteiger partial charge in [0.1, 0.15) is 0 Å². The molecule has 0 aliphatic rings. The van der Waals surface area contributed by atoms with E-state index >= 15 is 0 Å². The molecule has 1 N–H and O–H groups in total. The molecule has 1 radical (unpaired) electrons. The summed E-state index contributed by atoms with van der Waals surface area (Å²) < 4.78 is 0. The summed E-state index contributed by atoms with van der Waals surface area (Å²) in [6, 6.07) is 3.71. The first kappa shape index (κ1) is 5.09. The molecule has 0 atom stereocenters. The van der Waals surface area contributed by atoms with Crippen LogP contribution in [0.1, 0.15) is 0 Å². The smallest absolute Gasteiger partial charge is 0.0371 e. The molecule has 2 heteroatoms. The van der Waals surface area contributed by atoms with Crippen molar-refractivity contribution in [2.45, 2.75) is 0 Å². The fourth-order valence-electron chi connectivity index (χ4n) is 0.470. The van der Waals surface area contributed by atoms with Crippen LogP contribution < -0.4 is 5.32 Å². The van der Waals surface area contributed by atoms with Crippen LogP contribution in [0.25, 0.3) is 0 Å². The van der Waals surface area contributed by atoms with E-state index in [0.29, 0.717) is 0 Å². The van der Waals surface area contributed by atoms with Gasteiger partial charge in [-0.2, -0.15) is 0 Å². The van der Waals surface area contributed by atoms with Crippen molar-refractivity contribution >= 4 is 5.69 Å². The van der Waals surface area contributed by atoms with E-state index in [2.05, 4.69) is 17.3 Å². The molecule has 1 aromatic heterocycles. The SMILES string of the molecule is [CH2]Nc1ccncc1. The molecule has 0 aromatic carbocycles. The molecule has 0 aliphatic heterocycles. The lowest BCUT2D eigenvalue weighted by molar-refractivity contribution is 1.33. The maximum Gasteiger partial charge on any atom is 0.0371 e. The minimum atomic E-state index is 0.986. The van der Waals surface area contributed by atoms with Gasteiger partial charge in [0.05, 0.1) is 0 Å². The number of hydrogen-bond acceptors (Lipinski definition) is 2. The van der Waals surface area contributed by atoms with Crippen molar-refractivity contribution in [1.82, 2.24) is 4.98 Å². The third-order valence-corrected chi connectivity index (χ3v) is 0.884. The number of anilines is 1. The molecule has 0 saturated carbocycles. The average Bonchev–Trinajstić information content (AvgIpc) is 1.90. The van der Waals surface area contributed by atoms with Gasteiger partial charge in [0, 0.05) is 25.1 Å². The van der Waals surface area contributed by atoms with E-state index in [0.717, 1.165) is 5.69 Å². The van der Waals surface area contributed by atoms with Crippen molar-refractivity contribution in [3.63, 3.8) is 0 Å². The summed E-state index contributed by atoms with van der Waals surface area (Å²) in [5.74, 6) is 0. The lowest BCUT2D eigenvalue weighted by Gasteiger charge is -1.93. The van der Waals surface area contributed by atoms with E-state index in [1.165, 1.54) is 0 Å². The number of aromatic nitrogens is 1. The zero-order valence-electron chi connectivity index (χ0n) is 4.46. The highest BCUT2D eigenvalue weighted by atomic mass is 14.8. The van der Waals surface area contributed by atoms with Gasteiger partial charge in [-0.3, -0.25) is 4.98 Å². The van der Waals surface area contributed by atoms with Crippen LogP contribution in [0.5, 0.6) is 0 Å². The number of pyridine rings is 1. The van der Waals surface area contributed by atoms with Crippen LogP contribution in [0.2, 0.25) is 0 Å². The summed E-state index contributed by atoms with van der Waals surface area (Å²) in [5.41, 5.74) is 0.986. The lowest BCUT2D eigenvalue weighted by Crippen LogP contribution is -1.82. The summed E-state index contributed by atoms with van der Waals surface area (Å²) in [6.07, 6.45) is 3.43. The lowest BCUT2D eigenvalue weighted by atomic mass is 10.4. The number of nitrogens with one attached hydrogen (secondary N) is 1. The van der Waals surface area contributed by atoms with Gasteiger partial charge in [0.25, 0.3) is 0 Å². The Kier molecular flexibility index (Phi) is 1.47. The number of nitrogens with zero attached hydrogens (tertiary/aromatic N) is 1. The molecule has 1 heterocycles. The fourth-order valence-corrected chi connectivity index (χ4v) is 0.470. The molecule has 0 saturated heterocycles. The van der Waals surface area contributed by atoms with Crippen LogP contribution in [-0.4, -0.2) is 4.98 Å². The minimum absolute atomic E-state index is 0.986. The molecular formula is C6H7N2. The molecule has 1 rings (SSSR count). The predicted octanol–water partition coefficient (Wildman–Crippen LogP) is 1.29. The zero-order chi connectivity index (χ0) is 5.82. The van der Waals surface area contributed by atoms with E-state index in [-0.39, 0.29) is 0 Å². The van der Waals surface area contributed by atoms with Crippen molar-refractivity contribution in [2.75, 3.05) is 5.32 Å². The monoisotopic (exact) mass is 107 g/mol. The average molecular weight is 107 g/mol. The van der Waals surface area contributed by atoms with E-state index in [1.54, 1.807) is 12.4 Å². The molecule has 1 aromatic rings. The van der Waals surface area contributed by atoms with Gasteiger partial charge < -0.3 is 5.32 Å². The maximum atomic E-state index is 3.83. The molecule has 0 unspecified atom stereocenters. The van der Waals surface area contributed by atoms with Gasteiger partial charge in [-0.05, 0) is 12.1 Å². The molecule has 41 valence electrons. The van der Waals surface area contributed by atoms with Gasteiger partial charge >= 0.3 is 0 Å². The first-order valence-electron chi connectivity index (χ1n) is 2.36. The van der Waals surface area contributed by atoms with Crippen LogP contribution in [-0.2, 0) is 0 Å². The van der Waals surface area contributed by atoms with Crippen LogP contribution in [0.3, 0.4) is 0 Å². The van der Waals surface area contributed by atoms with Crippen LogP contribution in [0, 0.1) is 7.05 Å². The summed E-state index contributed by atoms with van der Waals surface area (Å²) in [7, 11) is 3.48. The van der Waals surface area contributed by atoms with Crippen LogP contribution in [0.4, 0.5) is 5.69 Å². The predicted molar refractivity (Wildman–Crippen MR) is 33.2 cm³/mol. The Morgan fingerprint density at radius 2 is 2.00 bits per heavy atom. The molecule has 0 fully saturated rings. The van der Waals surface area contributed by atoms with Crippen LogP contribution >= 0.6 is 0 Å². The van der Waals surface area contributed by atoms with Crippen molar-refractivity contribution in [1.29, 1.82) is 0 Å². The van der Waals surface area contributed by atoms with Gasteiger partial charge in [0.15, 0.2) is 0 Å². The van der Waals surface area contributed by atoms with E-state index in [1.807, 2.05) is 12.1 Å². The van der Waals surface area contributed by atoms with Gasteiger partial charge in [-0.25, -0.2) is 0 Å². The highest BCUT2D eigenvalue weighted by Crippen LogP contribution is 1.99. The summed E-state index contributed by atoms with van der Waals surface area (Å²) in [5, 5.41) is 2.74. The van der Waals surface area contributed by atoms with E-state index in [4.69, 9.17) is 0 Å².